The molecule has 0 aliphatic carbocycles. The molecule has 0 unspecified atom stereocenters. The molecule has 0 aromatic rings. The molecule has 0 aromatic heterocycles. The molecule has 46 valence electrons. The van der Waals surface area contributed by atoms with Crippen molar-refractivity contribution < 1.29 is 9.47 Å². The van der Waals surface area contributed by atoms with Gasteiger partial charge in [-0.1, -0.05) is 6.42 Å². The van der Waals surface area contributed by atoms with Crippen LogP contribution in [0.2, 0.25) is 0 Å². The summed E-state index contributed by atoms with van der Waals surface area (Å²) in [5.41, 5.74) is 0. The first kappa shape index (κ1) is 7.32. The van der Waals surface area contributed by atoms with Crippen molar-refractivity contribution in [3.05, 3.63) is 0 Å². The van der Waals surface area contributed by atoms with Crippen LogP contribution < -0.4 is 0 Å². The molecular weight excluding hydrogens is 104 g/mol. The second kappa shape index (κ2) is 2.58. The zero-order chi connectivity index (χ0) is 6.62. The molecule has 0 heterocycles. The molecule has 0 saturated heterocycles. The summed E-state index contributed by atoms with van der Waals surface area (Å²) in [4.78, 5) is 0. The van der Waals surface area contributed by atoms with E-state index in [9.17, 15) is 0 Å². The largest absolute Gasteiger partial charge is 0.413 e. The van der Waals surface area contributed by atoms with Gasteiger partial charge in [-0.2, -0.15) is 0 Å². The minimum Gasteiger partial charge on any atom is -0.413 e. The maximum atomic E-state index is 4.84. The summed E-state index contributed by atoms with van der Waals surface area (Å²) in [7, 11) is 1.54. The molecule has 0 saturated carbocycles. The van der Waals surface area contributed by atoms with Crippen LogP contribution in [0.3, 0.4) is 0 Å². The van der Waals surface area contributed by atoms with E-state index in [1.807, 2.05) is 6.11 Å². The third kappa shape index (κ3) is 2.49. The number of hydrogen-bond acceptors (Lipinski definition) is 2. The van der Waals surface area contributed by atoms with E-state index in [0.717, 1.165) is 0 Å². The zero-order valence-corrected chi connectivity index (χ0v) is 5.39. The highest BCUT2D eigenvalue weighted by molar-refractivity contribution is 4.72. The Morgan fingerprint density at radius 1 is 1.50 bits per heavy atom. The molecule has 0 rings (SSSR count). The van der Waals surface area contributed by atoms with Gasteiger partial charge in [0, 0.05) is 21.0 Å². The molecule has 0 aliphatic heterocycles. The van der Waals surface area contributed by atoms with Crippen molar-refractivity contribution >= 4 is 0 Å². The summed E-state index contributed by atoms with van der Waals surface area (Å²) in [5, 5.41) is 0. The molecule has 2 nitrogen and oxygen atoms in total. The van der Waals surface area contributed by atoms with Gasteiger partial charge in [0.1, 0.15) is 6.11 Å². The van der Waals surface area contributed by atoms with E-state index in [2.05, 4.69) is 4.74 Å². The number of ether oxygens (including phenoxy) is 2. The van der Waals surface area contributed by atoms with Gasteiger partial charge in [0.25, 0.3) is 0 Å². The van der Waals surface area contributed by atoms with Gasteiger partial charge in [0.2, 0.25) is 5.79 Å². The van der Waals surface area contributed by atoms with E-state index in [1.165, 1.54) is 7.11 Å². The predicted octanol–water partition coefficient (Wildman–Crippen LogP) is 0.976. The van der Waals surface area contributed by atoms with Crippen LogP contribution in [0.1, 0.15) is 13.8 Å². The summed E-state index contributed by atoms with van der Waals surface area (Å²) < 4.78 is 9.50. The van der Waals surface area contributed by atoms with Gasteiger partial charge in [-0.05, 0) is 0 Å². The van der Waals surface area contributed by atoms with Gasteiger partial charge < -0.3 is 9.47 Å². The van der Waals surface area contributed by atoms with E-state index in [0.29, 0.717) is 0 Å². The molecule has 0 aromatic carbocycles. The normalized spacial score (nSPS) is 10.2. The van der Waals surface area contributed by atoms with Gasteiger partial charge in [0.15, 0.2) is 0 Å². The highest BCUT2D eigenvalue weighted by atomic mass is 16.7. The van der Waals surface area contributed by atoms with Crippen molar-refractivity contribution in [2.75, 3.05) is 7.11 Å². The van der Waals surface area contributed by atoms with Crippen LogP contribution in [-0.4, -0.2) is 12.9 Å². The Labute approximate surface area is 49.8 Å². The van der Waals surface area contributed by atoms with Crippen LogP contribution in [0, 0.1) is 12.5 Å². The summed E-state index contributed by atoms with van der Waals surface area (Å²) >= 11 is 0. The van der Waals surface area contributed by atoms with Crippen molar-refractivity contribution in [1.82, 2.24) is 0 Å². The lowest BCUT2D eigenvalue weighted by molar-refractivity contribution is -0.152. The third-order valence-corrected chi connectivity index (χ3v) is 0.796. The number of methoxy groups -OCH3 is 1. The fourth-order valence-electron chi connectivity index (χ4n) is 0.184. The standard InChI is InChI=1S/C6H10O2/c1-5-8-6(2,3)7-4/h1H,2-4H3. The average molecular weight is 114 g/mol. The summed E-state index contributed by atoms with van der Waals surface area (Å²) in [6, 6.07) is 0. The molecule has 0 bridgehead atoms. The lowest BCUT2D eigenvalue weighted by Gasteiger charge is -2.18. The van der Waals surface area contributed by atoms with Gasteiger partial charge in [-0.3, -0.25) is 0 Å². The Bertz CT molecular complexity index is 99.6. The summed E-state index contributed by atoms with van der Waals surface area (Å²) in [6.07, 6.45) is 6.87. The number of hydrogen-bond donors (Lipinski definition) is 0. The minimum absolute atomic E-state index is 0.644. The smallest absolute Gasteiger partial charge is 0.214 e. The lowest BCUT2D eigenvalue weighted by atomic mass is 10.4. The highest BCUT2D eigenvalue weighted by Gasteiger charge is 2.14. The Balaban J connectivity index is 3.58. The van der Waals surface area contributed by atoms with Crippen molar-refractivity contribution in [2.45, 2.75) is 19.6 Å². The highest BCUT2D eigenvalue weighted by Crippen LogP contribution is 2.06. The quantitative estimate of drug-likeness (QED) is 0.393. The molecule has 0 spiro atoms. The molecule has 8 heavy (non-hydrogen) atoms. The van der Waals surface area contributed by atoms with Gasteiger partial charge in [0.05, 0.1) is 0 Å². The van der Waals surface area contributed by atoms with Crippen LogP contribution in [-0.2, 0) is 9.47 Å². The zero-order valence-electron chi connectivity index (χ0n) is 5.39. The van der Waals surface area contributed by atoms with E-state index < -0.39 is 5.79 Å². The molecule has 0 radical (unpaired) electrons. The number of terminal acetylenes is 1. The SMILES string of the molecule is C#COC(C)(C)OC. The molecule has 0 N–H and O–H groups in total. The predicted molar refractivity (Wildman–Crippen MR) is 31.0 cm³/mol. The Morgan fingerprint density at radius 2 is 2.00 bits per heavy atom. The first-order chi connectivity index (χ1) is 3.62. The van der Waals surface area contributed by atoms with Gasteiger partial charge in [-0.15, -0.1) is 0 Å². The molecule has 0 atom stereocenters. The lowest BCUT2D eigenvalue weighted by Crippen LogP contribution is -2.23. The van der Waals surface area contributed by atoms with Crippen molar-refractivity contribution in [3.8, 4) is 12.5 Å². The van der Waals surface area contributed by atoms with Crippen LogP contribution in [0.4, 0.5) is 0 Å². The van der Waals surface area contributed by atoms with Gasteiger partial charge >= 0.3 is 0 Å². The Hall–Kier alpha value is -0.680. The number of rotatable bonds is 2. The fraction of sp³-hybridized carbons (Fsp3) is 0.667. The maximum Gasteiger partial charge on any atom is 0.214 e. The third-order valence-electron chi connectivity index (χ3n) is 0.796. The van der Waals surface area contributed by atoms with Crippen LogP contribution in [0.5, 0.6) is 0 Å². The van der Waals surface area contributed by atoms with Crippen LogP contribution in [0.15, 0.2) is 0 Å². The first-order valence-electron chi connectivity index (χ1n) is 2.31. The van der Waals surface area contributed by atoms with Crippen molar-refractivity contribution in [3.63, 3.8) is 0 Å². The Morgan fingerprint density at radius 3 is 2.12 bits per heavy atom. The Kier molecular flexibility index (Phi) is 2.36. The maximum absolute atomic E-state index is 4.84. The minimum atomic E-state index is -0.644. The van der Waals surface area contributed by atoms with E-state index in [4.69, 9.17) is 11.2 Å². The van der Waals surface area contributed by atoms with Crippen molar-refractivity contribution in [1.29, 1.82) is 0 Å². The van der Waals surface area contributed by atoms with Crippen LogP contribution >= 0.6 is 0 Å². The molecule has 2 heteroatoms. The fourth-order valence-corrected chi connectivity index (χ4v) is 0.184. The van der Waals surface area contributed by atoms with Gasteiger partial charge in [-0.25, -0.2) is 0 Å². The average Bonchev–Trinajstić information content (AvgIpc) is 1.67. The second-order valence-corrected chi connectivity index (χ2v) is 1.82. The summed E-state index contributed by atoms with van der Waals surface area (Å²) in [6.45, 7) is 3.49. The van der Waals surface area contributed by atoms with Crippen molar-refractivity contribution in [2.24, 2.45) is 0 Å². The molecular formula is C6H10O2. The van der Waals surface area contributed by atoms with E-state index in [1.54, 1.807) is 13.8 Å². The monoisotopic (exact) mass is 114 g/mol. The molecule has 0 aliphatic rings. The van der Waals surface area contributed by atoms with E-state index in [-0.39, 0.29) is 0 Å². The van der Waals surface area contributed by atoms with Crippen LogP contribution in [0.25, 0.3) is 0 Å². The molecule has 0 amide bonds. The second-order valence-electron chi connectivity index (χ2n) is 1.82. The van der Waals surface area contributed by atoms with E-state index >= 15 is 0 Å². The topological polar surface area (TPSA) is 18.5 Å². The summed E-state index contributed by atoms with van der Waals surface area (Å²) in [5.74, 6) is -0.644. The first-order valence-corrected chi connectivity index (χ1v) is 2.31. The molecule has 0 fully saturated rings.